The fraction of sp³-hybridized carbons (Fsp3) is 0.222. The molecule has 3 aromatic rings. The quantitative estimate of drug-likeness (QED) is 0.200. The van der Waals surface area contributed by atoms with Gasteiger partial charge in [-0.3, -0.25) is 9.59 Å². The van der Waals surface area contributed by atoms with Gasteiger partial charge in [0.2, 0.25) is 0 Å². The molecule has 2 amide bonds. The minimum atomic E-state index is -0.296. The summed E-state index contributed by atoms with van der Waals surface area (Å²) in [5, 5.41) is 6.91. The molecule has 0 spiro atoms. The van der Waals surface area contributed by atoms with Crippen LogP contribution < -0.4 is 20.2 Å². The van der Waals surface area contributed by atoms with Crippen LogP contribution in [0, 0.1) is 24.3 Å². The molecule has 182 valence electrons. The third-order valence-corrected chi connectivity index (χ3v) is 5.96. The zero-order valence-corrected chi connectivity index (χ0v) is 22.3. The summed E-state index contributed by atoms with van der Waals surface area (Å²) in [5.41, 5.74) is 7.83. The van der Waals surface area contributed by atoms with Gasteiger partial charge in [0.1, 0.15) is 0 Å². The summed E-state index contributed by atoms with van der Waals surface area (Å²) in [6.45, 7) is 8.10. The van der Waals surface area contributed by atoms with Crippen LogP contribution in [0.5, 0.6) is 11.5 Å². The van der Waals surface area contributed by atoms with Crippen LogP contribution in [0.1, 0.15) is 39.5 Å². The smallest absolute Gasteiger partial charge is 0.271 e. The van der Waals surface area contributed by atoms with Crippen molar-refractivity contribution in [3.05, 3.63) is 86.0 Å². The summed E-state index contributed by atoms with van der Waals surface area (Å²) in [4.78, 5) is 24.7. The summed E-state index contributed by atoms with van der Waals surface area (Å²) in [7, 11) is 0. The lowest BCUT2D eigenvalue weighted by molar-refractivity contribution is -0.118. The number of hydrogen-bond acceptors (Lipinski definition) is 5. The van der Waals surface area contributed by atoms with E-state index in [0.717, 1.165) is 25.9 Å². The van der Waals surface area contributed by atoms with Crippen LogP contribution >= 0.6 is 22.6 Å². The fourth-order valence-corrected chi connectivity index (χ4v) is 3.94. The molecule has 0 fully saturated rings. The van der Waals surface area contributed by atoms with Crippen molar-refractivity contribution in [2.75, 3.05) is 18.5 Å². The first-order chi connectivity index (χ1) is 16.8. The minimum Gasteiger partial charge on any atom is -0.490 e. The molecule has 0 saturated heterocycles. The van der Waals surface area contributed by atoms with E-state index in [0.29, 0.717) is 29.2 Å². The second-order valence-corrected chi connectivity index (χ2v) is 9.13. The van der Waals surface area contributed by atoms with Crippen LogP contribution in [0.15, 0.2) is 59.7 Å². The van der Waals surface area contributed by atoms with Crippen LogP contribution in [-0.4, -0.2) is 31.2 Å². The van der Waals surface area contributed by atoms with Crippen molar-refractivity contribution < 1.29 is 19.1 Å². The molecule has 35 heavy (non-hydrogen) atoms. The molecule has 0 unspecified atom stereocenters. The fourth-order valence-electron chi connectivity index (χ4n) is 3.15. The van der Waals surface area contributed by atoms with Gasteiger partial charge in [-0.1, -0.05) is 23.8 Å². The molecule has 0 bridgehead atoms. The first-order valence-electron chi connectivity index (χ1n) is 11.1. The van der Waals surface area contributed by atoms with Gasteiger partial charge in [0, 0.05) is 11.3 Å². The average molecular weight is 585 g/mol. The average Bonchev–Trinajstić information content (AvgIpc) is 2.81. The normalized spacial score (nSPS) is 10.8. The summed E-state index contributed by atoms with van der Waals surface area (Å²) in [6, 6.07) is 16.6. The number of hydrogen-bond donors (Lipinski definition) is 2. The van der Waals surface area contributed by atoms with Crippen molar-refractivity contribution in [1.29, 1.82) is 0 Å². The Kier molecular flexibility index (Phi) is 9.25. The number of halogens is 1. The van der Waals surface area contributed by atoms with Gasteiger partial charge >= 0.3 is 0 Å². The molecule has 0 heterocycles. The van der Waals surface area contributed by atoms with Gasteiger partial charge in [0.25, 0.3) is 11.8 Å². The van der Waals surface area contributed by atoms with E-state index in [-0.39, 0.29) is 18.4 Å². The maximum atomic E-state index is 12.4. The molecule has 8 heteroatoms. The third kappa shape index (κ3) is 7.54. The van der Waals surface area contributed by atoms with E-state index in [1.54, 1.807) is 18.2 Å². The standard InChI is InChI=1S/C27H28IN3O4/c1-5-34-24-14-20(15-29-31-27(33)21-9-6-17(2)7-10-21)13-23(28)26(24)35-16-25(32)30-22-11-8-18(3)19(4)12-22/h6-15H,5,16H2,1-4H3,(H,30,32)(H,31,33)/b29-15+. The zero-order chi connectivity index (χ0) is 25.4. The van der Waals surface area contributed by atoms with Gasteiger partial charge in [-0.05, 0) is 103 Å². The summed E-state index contributed by atoms with van der Waals surface area (Å²) in [6.07, 6.45) is 1.53. The molecule has 0 atom stereocenters. The Morgan fingerprint density at radius 3 is 2.40 bits per heavy atom. The first-order valence-corrected chi connectivity index (χ1v) is 12.2. The van der Waals surface area contributed by atoms with Gasteiger partial charge in [-0.25, -0.2) is 5.43 Å². The Labute approximate surface area is 219 Å². The third-order valence-electron chi connectivity index (χ3n) is 5.16. The first kappa shape index (κ1) is 26.2. The molecule has 0 aliphatic heterocycles. The number of amides is 2. The molecular weight excluding hydrogens is 557 g/mol. The summed E-state index contributed by atoms with van der Waals surface area (Å²) >= 11 is 2.12. The number of anilines is 1. The molecule has 3 rings (SSSR count). The van der Waals surface area contributed by atoms with E-state index < -0.39 is 0 Å². The largest absolute Gasteiger partial charge is 0.490 e. The topological polar surface area (TPSA) is 89.0 Å². The summed E-state index contributed by atoms with van der Waals surface area (Å²) < 4.78 is 12.3. The Morgan fingerprint density at radius 1 is 0.971 bits per heavy atom. The lowest BCUT2D eigenvalue weighted by atomic mass is 10.1. The van der Waals surface area contributed by atoms with E-state index in [1.807, 2.05) is 64.1 Å². The molecule has 3 aromatic carbocycles. The monoisotopic (exact) mass is 585 g/mol. The predicted octanol–water partition coefficient (Wildman–Crippen LogP) is 5.40. The highest BCUT2D eigenvalue weighted by atomic mass is 127. The molecule has 0 aliphatic carbocycles. The number of hydrazone groups is 1. The lowest BCUT2D eigenvalue weighted by Crippen LogP contribution is -2.21. The highest BCUT2D eigenvalue weighted by molar-refractivity contribution is 14.1. The Morgan fingerprint density at radius 2 is 1.71 bits per heavy atom. The molecule has 0 radical (unpaired) electrons. The van der Waals surface area contributed by atoms with Crippen molar-refractivity contribution in [2.24, 2.45) is 5.10 Å². The maximum absolute atomic E-state index is 12.4. The Hall–Kier alpha value is -3.40. The molecular formula is C27H28IN3O4. The molecule has 0 aliphatic rings. The second kappa shape index (κ2) is 12.3. The molecule has 7 nitrogen and oxygen atoms in total. The van der Waals surface area contributed by atoms with Crippen LogP contribution in [0.2, 0.25) is 0 Å². The predicted molar refractivity (Wildman–Crippen MR) is 147 cm³/mol. The van der Waals surface area contributed by atoms with Gasteiger partial charge in [0.05, 0.1) is 16.4 Å². The Bertz CT molecular complexity index is 1240. The SMILES string of the molecule is CCOc1cc(/C=N/NC(=O)c2ccc(C)cc2)cc(I)c1OCC(=O)Nc1ccc(C)c(C)c1. The maximum Gasteiger partial charge on any atom is 0.271 e. The van der Waals surface area contributed by atoms with E-state index in [4.69, 9.17) is 9.47 Å². The number of nitrogens with one attached hydrogen (secondary N) is 2. The van der Waals surface area contributed by atoms with Gasteiger partial charge in [-0.2, -0.15) is 5.10 Å². The highest BCUT2D eigenvalue weighted by Gasteiger charge is 2.14. The van der Waals surface area contributed by atoms with E-state index in [9.17, 15) is 9.59 Å². The van der Waals surface area contributed by atoms with Crippen molar-refractivity contribution in [1.82, 2.24) is 5.43 Å². The molecule has 2 N–H and O–H groups in total. The van der Waals surface area contributed by atoms with Crippen molar-refractivity contribution in [2.45, 2.75) is 27.7 Å². The number of ether oxygens (including phenoxy) is 2. The van der Waals surface area contributed by atoms with Crippen molar-refractivity contribution in [3.8, 4) is 11.5 Å². The van der Waals surface area contributed by atoms with Crippen LogP contribution in [0.25, 0.3) is 0 Å². The Balaban J connectivity index is 1.65. The van der Waals surface area contributed by atoms with Crippen molar-refractivity contribution >= 4 is 46.3 Å². The van der Waals surface area contributed by atoms with Gasteiger partial charge < -0.3 is 14.8 Å². The van der Waals surface area contributed by atoms with Crippen molar-refractivity contribution in [3.63, 3.8) is 0 Å². The van der Waals surface area contributed by atoms with E-state index in [2.05, 4.69) is 38.4 Å². The second-order valence-electron chi connectivity index (χ2n) is 7.96. The van der Waals surface area contributed by atoms with E-state index in [1.165, 1.54) is 6.21 Å². The van der Waals surface area contributed by atoms with Gasteiger partial charge in [-0.15, -0.1) is 0 Å². The van der Waals surface area contributed by atoms with Gasteiger partial charge in [0.15, 0.2) is 18.1 Å². The number of benzene rings is 3. The summed E-state index contributed by atoms with van der Waals surface area (Å²) in [5.74, 6) is 0.403. The number of aryl methyl sites for hydroxylation is 3. The molecule has 0 aromatic heterocycles. The number of nitrogens with zero attached hydrogens (tertiary/aromatic N) is 1. The lowest BCUT2D eigenvalue weighted by Gasteiger charge is -2.15. The zero-order valence-electron chi connectivity index (χ0n) is 20.1. The van der Waals surface area contributed by atoms with Crippen LogP contribution in [-0.2, 0) is 4.79 Å². The number of rotatable bonds is 9. The molecule has 0 saturated carbocycles. The van der Waals surface area contributed by atoms with Crippen LogP contribution in [0.4, 0.5) is 5.69 Å². The minimum absolute atomic E-state index is 0.164. The number of carbonyl (C=O) groups excluding carboxylic acids is 2. The van der Waals surface area contributed by atoms with E-state index >= 15 is 0 Å². The number of carbonyl (C=O) groups is 2. The highest BCUT2D eigenvalue weighted by Crippen LogP contribution is 2.34. The van der Waals surface area contributed by atoms with Crippen LogP contribution in [0.3, 0.4) is 0 Å².